The minimum atomic E-state index is 0. The predicted molar refractivity (Wildman–Crippen MR) is 98.8 cm³/mol. The number of amides is 2. The predicted octanol–water partition coefficient (Wildman–Crippen LogP) is 1.43. The molecule has 1 atom stereocenters. The van der Waals surface area contributed by atoms with E-state index in [0.29, 0.717) is 45.6 Å². The Bertz CT molecular complexity index is 429. The highest BCUT2D eigenvalue weighted by molar-refractivity contribution is 5.85. The Morgan fingerprint density at radius 1 is 1.00 bits per heavy atom. The van der Waals surface area contributed by atoms with E-state index >= 15 is 0 Å². The van der Waals surface area contributed by atoms with Crippen molar-refractivity contribution in [2.75, 3.05) is 45.9 Å². The summed E-state index contributed by atoms with van der Waals surface area (Å²) in [5.74, 6) is 1.22. The first kappa shape index (κ1) is 20.5. The number of hydrogen-bond acceptors (Lipinski definition) is 4. The first-order valence-electron chi connectivity index (χ1n) is 9.59. The fourth-order valence-electron chi connectivity index (χ4n) is 4.08. The molecule has 2 heterocycles. The minimum absolute atomic E-state index is 0. The second kappa shape index (κ2) is 10.3. The summed E-state index contributed by atoms with van der Waals surface area (Å²) in [7, 11) is 0. The maximum Gasteiger partial charge on any atom is 0.224 e. The van der Waals surface area contributed by atoms with E-state index < -0.39 is 0 Å². The van der Waals surface area contributed by atoms with Crippen LogP contribution in [0.25, 0.3) is 0 Å². The Kier molecular flexibility index (Phi) is 8.46. The van der Waals surface area contributed by atoms with E-state index in [-0.39, 0.29) is 30.3 Å². The van der Waals surface area contributed by atoms with Gasteiger partial charge in [0.15, 0.2) is 0 Å². The number of ether oxygens (including phenoxy) is 1. The monoisotopic (exact) mass is 373 g/mol. The Labute approximate surface area is 157 Å². The van der Waals surface area contributed by atoms with Crippen molar-refractivity contribution >= 4 is 24.2 Å². The lowest BCUT2D eigenvalue weighted by Crippen LogP contribution is -2.52. The van der Waals surface area contributed by atoms with Gasteiger partial charge in [0.05, 0.1) is 13.2 Å². The van der Waals surface area contributed by atoms with Crippen molar-refractivity contribution in [2.24, 2.45) is 5.92 Å². The highest BCUT2D eigenvalue weighted by atomic mass is 35.5. The van der Waals surface area contributed by atoms with Crippen LogP contribution in [0.3, 0.4) is 0 Å². The summed E-state index contributed by atoms with van der Waals surface area (Å²) >= 11 is 0. The Morgan fingerprint density at radius 3 is 2.24 bits per heavy atom. The van der Waals surface area contributed by atoms with Crippen molar-refractivity contribution in [3.8, 4) is 0 Å². The van der Waals surface area contributed by atoms with Crippen LogP contribution in [0.5, 0.6) is 0 Å². The number of nitrogens with one attached hydrogen (secondary N) is 1. The van der Waals surface area contributed by atoms with Crippen LogP contribution in [0.15, 0.2) is 0 Å². The lowest BCUT2D eigenvalue weighted by Gasteiger charge is -2.36. The molecule has 2 amide bonds. The van der Waals surface area contributed by atoms with Crippen molar-refractivity contribution in [3.05, 3.63) is 0 Å². The van der Waals surface area contributed by atoms with Gasteiger partial charge in [-0.25, -0.2) is 0 Å². The van der Waals surface area contributed by atoms with Gasteiger partial charge in [0, 0.05) is 51.6 Å². The van der Waals surface area contributed by atoms with Crippen LogP contribution in [0.1, 0.15) is 44.9 Å². The lowest BCUT2D eigenvalue weighted by molar-refractivity contribution is -0.140. The molecule has 3 fully saturated rings. The van der Waals surface area contributed by atoms with Crippen molar-refractivity contribution < 1.29 is 14.3 Å². The Morgan fingerprint density at radius 2 is 1.64 bits per heavy atom. The smallest absolute Gasteiger partial charge is 0.224 e. The van der Waals surface area contributed by atoms with E-state index in [1.165, 1.54) is 25.7 Å². The largest absolute Gasteiger partial charge is 0.378 e. The van der Waals surface area contributed by atoms with Crippen LogP contribution in [-0.4, -0.2) is 73.6 Å². The molecule has 2 aliphatic heterocycles. The van der Waals surface area contributed by atoms with Crippen LogP contribution in [0.2, 0.25) is 0 Å². The summed E-state index contributed by atoms with van der Waals surface area (Å²) in [6, 6.07) is 0.136. The van der Waals surface area contributed by atoms with E-state index in [4.69, 9.17) is 4.74 Å². The maximum atomic E-state index is 12.4. The van der Waals surface area contributed by atoms with Crippen LogP contribution in [-0.2, 0) is 14.3 Å². The molecule has 25 heavy (non-hydrogen) atoms. The SMILES string of the molecule is Cl.O=C(CCC1CCCC1)N1CCN(C(=O)CC2COCCN2)CC1. The standard InChI is InChI=1S/C18H31N3O3.ClH/c22-17(6-5-15-3-1-2-4-15)20-8-10-21(11-9-20)18(23)13-16-14-24-12-7-19-16;/h15-16,19H,1-14H2;1H. The number of morpholine rings is 1. The van der Waals surface area contributed by atoms with E-state index in [0.717, 1.165) is 25.5 Å². The number of hydrogen-bond donors (Lipinski definition) is 1. The normalized spacial score (nSPS) is 24.9. The van der Waals surface area contributed by atoms with Gasteiger partial charge in [0.2, 0.25) is 11.8 Å². The number of halogens is 1. The zero-order valence-corrected chi connectivity index (χ0v) is 15.9. The van der Waals surface area contributed by atoms with Gasteiger partial charge in [-0.1, -0.05) is 25.7 Å². The van der Waals surface area contributed by atoms with Crippen molar-refractivity contribution in [1.82, 2.24) is 15.1 Å². The summed E-state index contributed by atoms with van der Waals surface area (Å²) in [4.78, 5) is 28.6. The average molecular weight is 374 g/mol. The van der Waals surface area contributed by atoms with Crippen LogP contribution < -0.4 is 5.32 Å². The number of rotatable bonds is 5. The molecule has 144 valence electrons. The number of piperazine rings is 1. The molecule has 0 aromatic heterocycles. The first-order chi connectivity index (χ1) is 11.7. The molecule has 3 rings (SSSR count). The third-order valence-corrected chi connectivity index (χ3v) is 5.65. The molecule has 2 saturated heterocycles. The molecule has 3 aliphatic rings. The average Bonchev–Trinajstić information content (AvgIpc) is 3.14. The van der Waals surface area contributed by atoms with Gasteiger partial charge in [-0.05, 0) is 12.3 Å². The van der Waals surface area contributed by atoms with Crippen LogP contribution in [0, 0.1) is 5.92 Å². The molecule has 0 bridgehead atoms. The fourth-order valence-corrected chi connectivity index (χ4v) is 4.08. The third-order valence-electron chi connectivity index (χ3n) is 5.65. The van der Waals surface area contributed by atoms with Gasteiger partial charge in [-0.15, -0.1) is 12.4 Å². The van der Waals surface area contributed by atoms with Gasteiger partial charge < -0.3 is 19.9 Å². The second-order valence-corrected chi connectivity index (χ2v) is 7.38. The molecule has 0 aromatic rings. The third kappa shape index (κ3) is 6.12. The van der Waals surface area contributed by atoms with Crippen molar-refractivity contribution in [1.29, 1.82) is 0 Å². The number of carbonyl (C=O) groups is 2. The van der Waals surface area contributed by atoms with Gasteiger partial charge in [-0.3, -0.25) is 9.59 Å². The molecule has 1 aliphatic carbocycles. The molecule has 7 heteroatoms. The zero-order chi connectivity index (χ0) is 16.8. The minimum Gasteiger partial charge on any atom is -0.378 e. The van der Waals surface area contributed by atoms with E-state index in [1.54, 1.807) is 0 Å². The summed E-state index contributed by atoms with van der Waals surface area (Å²) < 4.78 is 5.40. The van der Waals surface area contributed by atoms with E-state index in [1.807, 2.05) is 9.80 Å². The topological polar surface area (TPSA) is 61.9 Å². The van der Waals surface area contributed by atoms with Crippen molar-refractivity contribution in [2.45, 2.75) is 51.0 Å². The zero-order valence-electron chi connectivity index (χ0n) is 15.1. The molecule has 1 unspecified atom stereocenters. The molecule has 6 nitrogen and oxygen atoms in total. The molecule has 0 aromatic carbocycles. The maximum absolute atomic E-state index is 12.4. The summed E-state index contributed by atoms with van der Waals surface area (Å²) in [5.41, 5.74) is 0. The summed E-state index contributed by atoms with van der Waals surface area (Å²) in [6.45, 7) is 4.87. The highest BCUT2D eigenvalue weighted by Gasteiger charge is 2.27. The molecule has 1 saturated carbocycles. The molecule has 0 radical (unpaired) electrons. The van der Waals surface area contributed by atoms with Crippen molar-refractivity contribution in [3.63, 3.8) is 0 Å². The first-order valence-corrected chi connectivity index (χ1v) is 9.59. The van der Waals surface area contributed by atoms with Crippen LogP contribution >= 0.6 is 12.4 Å². The second-order valence-electron chi connectivity index (χ2n) is 7.38. The fraction of sp³-hybridized carbons (Fsp3) is 0.889. The lowest BCUT2D eigenvalue weighted by atomic mass is 10.0. The van der Waals surface area contributed by atoms with Gasteiger partial charge in [0.1, 0.15) is 0 Å². The molecular weight excluding hydrogens is 342 g/mol. The van der Waals surface area contributed by atoms with Gasteiger partial charge in [-0.2, -0.15) is 0 Å². The van der Waals surface area contributed by atoms with Gasteiger partial charge in [0.25, 0.3) is 0 Å². The highest BCUT2D eigenvalue weighted by Crippen LogP contribution is 2.28. The molecular formula is C18H32ClN3O3. The Balaban J connectivity index is 0.00000225. The van der Waals surface area contributed by atoms with Crippen LogP contribution in [0.4, 0.5) is 0 Å². The molecule has 0 spiro atoms. The van der Waals surface area contributed by atoms with E-state index in [9.17, 15) is 9.59 Å². The number of nitrogens with zero attached hydrogens (tertiary/aromatic N) is 2. The Hall–Kier alpha value is -0.850. The van der Waals surface area contributed by atoms with Gasteiger partial charge >= 0.3 is 0 Å². The number of carbonyl (C=O) groups excluding carboxylic acids is 2. The quantitative estimate of drug-likeness (QED) is 0.791. The molecule has 1 N–H and O–H groups in total. The van der Waals surface area contributed by atoms with E-state index in [2.05, 4.69) is 5.32 Å². The summed E-state index contributed by atoms with van der Waals surface area (Å²) in [6.07, 6.45) is 7.49. The summed E-state index contributed by atoms with van der Waals surface area (Å²) in [5, 5.41) is 3.32.